The molecule has 2 N–H and O–H groups in total. The van der Waals surface area contributed by atoms with E-state index in [2.05, 4.69) is 26.7 Å². The van der Waals surface area contributed by atoms with Crippen molar-refractivity contribution in [2.45, 2.75) is 13.8 Å². The highest BCUT2D eigenvalue weighted by molar-refractivity contribution is 7.18. The van der Waals surface area contributed by atoms with Crippen LogP contribution in [0.25, 0.3) is 10.2 Å². The lowest BCUT2D eigenvalue weighted by Gasteiger charge is -2.12. The first-order chi connectivity index (χ1) is 11.1. The summed E-state index contributed by atoms with van der Waals surface area (Å²) in [5, 5.41) is 7.01. The van der Waals surface area contributed by atoms with Crippen LogP contribution in [-0.4, -0.2) is 23.0 Å². The summed E-state index contributed by atoms with van der Waals surface area (Å²) in [7, 11) is 1.57. The van der Waals surface area contributed by atoms with Gasteiger partial charge in [-0.1, -0.05) is 0 Å². The summed E-state index contributed by atoms with van der Waals surface area (Å²) in [6.45, 7) is 3.50. The van der Waals surface area contributed by atoms with Crippen LogP contribution in [0.2, 0.25) is 0 Å². The first-order valence-electron chi connectivity index (χ1n) is 7.00. The average molecular weight is 328 g/mol. The van der Waals surface area contributed by atoms with Crippen molar-refractivity contribution in [1.29, 1.82) is 0 Å². The van der Waals surface area contributed by atoms with Crippen molar-refractivity contribution in [2.75, 3.05) is 17.7 Å². The summed E-state index contributed by atoms with van der Waals surface area (Å²) in [5.74, 6) is 1.18. The van der Waals surface area contributed by atoms with Crippen LogP contribution in [0.4, 0.5) is 17.2 Å². The Morgan fingerprint density at radius 2 is 2.09 bits per heavy atom. The van der Waals surface area contributed by atoms with E-state index in [1.165, 1.54) is 11.8 Å². The summed E-state index contributed by atoms with van der Waals surface area (Å²) >= 11 is 1.63. The van der Waals surface area contributed by atoms with E-state index in [1.54, 1.807) is 30.8 Å². The third-order valence-corrected chi connectivity index (χ3v) is 4.18. The zero-order chi connectivity index (χ0) is 16.4. The number of aromatic nitrogens is 2. The minimum Gasteiger partial charge on any atom is -0.495 e. The number of methoxy groups -OCH3 is 1. The van der Waals surface area contributed by atoms with Crippen LogP contribution < -0.4 is 15.4 Å². The molecule has 3 rings (SSSR count). The molecular formula is C16H16N4O2S. The summed E-state index contributed by atoms with van der Waals surface area (Å²) in [6, 6.07) is 7.54. The molecule has 6 nitrogen and oxygen atoms in total. The summed E-state index contributed by atoms with van der Waals surface area (Å²) in [5.41, 5.74) is 1.41. The number of carbonyl (C=O) groups is 1. The standard InChI is InChI=1S/C16H16N4O2S/c1-9-6-12-15(17-8-18-16(12)23-9)20-11-4-5-14(22-3)13(7-11)19-10(2)21/h4-8H,1-3H3,(H,19,21)(H,17,18,20). The third-order valence-electron chi connectivity index (χ3n) is 3.23. The summed E-state index contributed by atoms with van der Waals surface area (Å²) < 4.78 is 5.26. The molecule has 0 aliphatic heterocycles. The fourth-order valence-electron chi connectivity index (χ4n) is 2.29. The van der Waals surface area contributed by atoms with Crippen molar-refractivity contribution in [2.24, 2.45) is 0 Å². The Labute approximate surface area is 137 Å². The predicted molar refractivity (Wildman–Crippen MR) is 92.7 cm³/mol. The molecule has 0 radical (unpaired) electrons. The first kappa shape index (κ1) is 15.2. The van der Waals surface area contributed by atoms with Crippen LogP contribution in [0, 0.1) is 6.92 Å². The number of carbonyl (C=O) groups excluding carboxylic acids is 1. The number of nitrogens with zero attached hydrogens (tertiary/aromatic N) is 2. The molecule has 0 unspecified atom stereocenters. The van der Waals surface area contributed by atoms with Crippen molar-refractivity contribution >= 4 is 44.7 Å². The van der Waals surface area contributed by atoms with E-state index in [0.717, 1.165) is 21.7 Å². The number of anilines is 3. The van der Waals surface area contributed by atoms with Gasteiger partial charge in [0, 0.05) is 17.5 Å². The molecule has 3 aromatic rings. The molecule has 1 aromatic carbocycles. The number of amides is 1. The number of fused-ring (bicyclic) bond motifs is 1. The van der Waals surface area contributed by atoms with Crippen LogP contribution >= 0.6 is 11.3 Å². The molecule has 0 fully saturated rings. The highest BCUT2D eigenvalue weighted by Gasteiger charge is 2.10. The van der Waals surface area contributed by atoms with Crippen LogP contribution in [0.3, 0.4) is 0 Å². The molecule has 7 heteroatoms. The van der Waals surface area contributed by atoms with Gasteiger partial charge in [-0.2, -0.15) is 0 Å². The van der Waals surface area contributed by atoms with Gasteiger partial charge in [0.15, 0.2) is 0 Å². The normalized spacial score (nSPS) is 10.6. The second-order valence-electron chi connectivity index (χ2n) is 5.02. The summed E-state index contributed by atoms with van der Waals surface area (Å²) in [4.78, 5) is 22.0. The number of aryl methyl sites for hydroxylation is 1. The lowest BCUT2D eigenvalue weighted by Crippen LogP contribution is -2.07. The molecule has 0 spiro atoms. The number of thiophene rings is 1. The highest BCUT2D eigenvalue weighted by Crippen LogP contribution is 2.32. The maximum atomic E-state index is 11.3. The Balaban J connectivity index is 1.97. The Hall–Kier alpha value is -2.67. The van der Waals surface area contributed by atoms with E-state index in [1.807, 2.05) is 19.1 Å². The van der Waals surface area contributed by atoms with Crippen molar-refractivity contribution in [3.8, 4) is 5.75 Å². The van der Waals surface area contributed by atoms with Gasteiger partial charge in [0.2, 0.25) is 5.91 Å². The van der Waals surface area contributed by atoms with Gasteiger partial charge in [-0.05, 0) is 31.2 Å². The SMILES string of the molecule is COc1ccc(Nc2ncnc3sc(C)cc23)cc1NC(C)=O. The van der Waals surface area contributed by atoms with Crippen molar-refractivity contribution in [1.82, 2.24) is 9.97 Å². The summed E-state index contributed by atoms with van der Waals surface area (Å²) in [6.07, 6.45) is 1.54. The smallest absolute Gasteiger partial charge is 0.221 e. The van der Waals surface area contributed by atoms with Crippen LogP contribution in [0.15, 0.2) is 30.6 Å². The number of hydrogen-bond acceptors (Lipinski definition) is 6. The zero-order valence-corrected chi connectivity index (χ0v) is 13.8. The minimum atomic E-state index is -0.154. The Morgan fingerprint density at radius 3 is 2.83 bits per heavy atom. The predicted octanol–water partition coefficient (Wildman–Crippen LogP) is 3.71. The lowest BCUT2D eigenvalue weighted by molar-refractivity contribution is -0.114. The monoisotopic (exact) mass is 328 g/mol. The molecule has 2 aromatic heterocycles. The molecule has 23 heavy (non-hydrogen) atoms. The zero-order valence-electron chi connectivity index (χ0n) is 13.0. The Morgan fingerprint density at radius 1 is 1.26 bits per heavy atom. The fraction of sp³-hybridized carbons (Fsp3) is 0.188. The minimum absolute atomic E-state index is 0.154. The van der Waals surface area contributed by atoms with E-state index >= 15 is 0 Å². The second-order valence-corrected chi connectivity index (χ2v) is 6.25. The van der Waals surface area contributed by atoms with Crippen LogP contribution in [0.1, 0.15) is 11.8 Å². The molecular weight excluding hydrogens is 312 g/mol. The molecule has 0 bridgehead atoms. The van der Waals surface area contributed by atoms with E-state index < -0.39 is 0 Å². The van der Waals surface area contributed by atoms with Gasteiger partial charge in [0.25, 0.3) is 0 Å². The topological polar surface area (TPSA) is 76.1 Å². The number of ether oxygens (including phenoxy) is 1. The van der Waals surface area contributed by atoms with Gasteiger partial charge >= 0.3 is 0 Å². The van der Waals surface area contributed by atoms with Crippen LogP contribution in [0.5, 0.6) is 5.75 Å². The quantitative estimate of drug-likeness (QED) is 0.763. The van der Waals surface area contributed by atoms with Crippen LogP contribution in [-0.2, 0) is 4.79 Å². The molecule has 118 valence electrons. The molecule has 1 amide bonds. The Kier molecular flexibility index (Phi) is 4.12. The van der Waals surface area contributed by atoms with Crippen molar-refractivity contribution in [3.63, 3.8) is 0 Å². The highest BCUT2D eigenvalue weighted by atomic mass is 32.1. The van der Waals surface area contributed by atoms with Gasteiger partial charge in [-0.3, -0.25) is 4.79 Å². The Bertz CT molecular complexity index is 876. The molecule has 0 saturated heterocycles. The van der Waals surface area contributed by atoms with Gasteiger partial charge in [-0.25, -0.2) is 9.97 Å². The van der Waals surface area contributed by atoms with Crippen molar-refractivity contribution < 1.29 is 9.53 Å². The number of nitrogens with one attached hydrogen (secondary N) is 2. The molecule has 2 heterocycles. The lowest BCUT2D eigenvalue weighted by atomic mass is 10.2. The molecule has 0 aliphatic carbocycles. The largest absolute Gasteiger partial charge is 0.495 e. The number of rotatable bonds is 4. The molecule has 0 saturated carbocycles. The van der Waals surface area contributed by atoms with E-state index in [4.69, 9.17) is 4.74 Å². The maximum Gasteiger partial charge on any atom is 0.221 e. The maximum absolute atomic E-state index is 11.3. The number of hydrogen-bond donors (Lipinski definition) is 2. The van der Waals surface area contributed by atoms with Crippen molar-refractivity contribution in [3.05, 3.63) is 35.5 Å². The van der Waals surface area contributed by atoms with E-state index in [-0.39, 0.29) is 5.91 Å². The van der Waals surface area contributed by atoms with Gasteiger partial charge in [0.1, 0.15) is 22.7 Å². The van der Waals surface area contributed by atoms with E-state index in [9.17, 15) is 4.79 Å². The van der Waals surface area contributed by atoms with Gasteiger partial charge in [0.05, 0.1) is 18.2 Å². The van der Waals surface area contributed by atoms with Gasteiger partial charge in [-0.15, -0.1) is 11.3 Å². The fourth-order valence-corrected chi connectivity index (χ4v) is 3.13. The molecule has 0 aliphatic rings. The first-order valence-corrected chi connectivity index (χ1v) is 7.82. The van der Waals surface area contributed by atoms with E-state index in [0.29, 0.717) is 11.4 Å². The third kappa shape index (κ3) is 3.24. The second kappa shape index (κ2) is 6.21. The van der Waals surface area contributed by atoms with Gasteiger partial charge < -0.3 is 15.4 Å². The molecule has 0 atom stereocenters. The average Bonchev–Trinajstić information content (AvgIpc) is 2.88. The number of benzene rings is 1.